The Bertz CT molecular complexity index is 931. The van der Waals surface area contributed by atoms with Crippen LogP contribution in [0.15, 0.2) is 59.5 Å². The summed E-state index contributed by atoms with van der Waals surface area (Å²) >= 11 is 0. The minimum Gasteiger partial charge on any atom is -0.489 e. The summed E-state index contributed by atoms with van der Waals surface area (Å²) in [7, 11) is -4.12. The van der Waals surface area contributed by atoms with Crippen molar-refractivity contribution in [2.45, 2.75) is 23.5 Å². The molecule has 2 atom stereocenters. The molecule has 1 amide bonds. The molecule has 0 spiro atoms. The lowest BCUT2D eigenvalue weighted by atomic mass is 10.2. The maximum atomic E-state index is 12.3. The monoisotopic (exact) mass is 391 g/mol. The van der Waals surface area contributed by atoms with Crippen LogP contribution in [0.2, 0.25) is 0 Å². The molecule has 1 aliphatic heterocycles. The SMILES string of the molecule is O=C(NS(=O)(=O)c1ccc([N+](=O)[O-])cc1)[C@@H]1C[C@H](Oc2ccccc2)CN1. The Kier molecular flexibility index (Phi) is 5.38. The van der Waals surface area contributed by atoms with Gasteiger partial charge >= 0.3 is 0 Å². The van der Waals surface area contributed by atoms with Gasteiger partial charge < -0.3 is 10.1 Å². The number of benzene rings is 2. The van der Waals surface area contributed by atoms with Gasteiger partial charge in [0.25, 0.3) is 21.6 Å². The van der Waals surface area contributed by atoms with E-state index in [1.54, 1.807) is 12.1 Å². The van der Waals surface area contributed by atoms with Gasteiger partial charge in [-0.15, -0.1) is 0 Å². The minimum atomic E-state index is -4.12. The van der Waals surface area contributed by atoms with E-state index in [0.29, 0.717) is 18.7 Å². The lowest BCUT2D eigenvalue weighted by Gasteiger charge is -2.13. The van der Waals surface area contributed by atoms with E-state index in [2.05, 4.69) is 5.32 Å². The average Bonchev–Trinajstić information content (AvgIpc) is 3.11. The van der Waals surface area contributed by atoms with Crippen molar-refractivity contribution in [1.82, 2.24) is 10.0 Å². The Labute approximate surface area is 155 Å². The molecule has 142 valence electrons. The maximum absolute atomic E-state index is 12.3. The lowest BCUT2D eigenvalue weighted by molar-refractivity contribution is -0.384. The summed E-state index contributed by atoms with van der Waals surface area (Å²) in [6.07, 6.45) is 0.0569. The number of para-hydroxylation sites is 1. The summed E-state index contributed by atoms with van der Waals surface area (Å²) in [6.45, 7) is 0.407. The maximum Gasteiger partial charge on any atom is 0.269 e. The second-order valence-electron chi connectivity index (χ2n) is 5.97. The van der Waals surface area contributed by atoms with Crippen LogP contribution in [0.5, 0.6) is 5.75 Å². The van der Waals surface area contributed by atoms with Crippen LogP contribution >= 0.6 is 0 Å². The highest BCUT2D eigenvalue weighted by molar-refractivity contribution is 7.90. The number of hydrogen-bond acceptors (Lipinski definition) is 7. The van der Waals surface area contributed by atoms with Gasteiger partial charge in [0.05, 0.1) is 15.9 Å². The van der Waals surface area contributed by atoms with E-state index in [4.69, 9.17) is 4.74 Å². The van der Waals surface area contributed by atoms with Crippen molar-refractivity contribution >= 4 is 21.6 Å². The van der Waals surface area contributed by atoms with Crippen molar-refractivity contribution in [3.8, 4) is 5.75 Å². The predicted octanol–water partition coefficient (Wildman–Crippen LogP) is 1.21. The van der Waals surface area contributed by atoms with Crippen molar-refractivity contribution in [2.75, 3.05) is 6.54 Å². The second-order valence-corrected chi connectivity index (χ2v) is 7.65. The second kappa shape index (κ2) is 7.72. The number of nitro benzene ring substituents is 1. The van der Waals surface area contributed by atoms with Crippen molar-refractivity contribution in [2.24, 2.45) is 0 Å². The van der Waals surface area contributed by atoms with E-state index in [1.807, 2.05) is 22.9 Å². The van der Waals surface area contributed by atoms with E-state index in [0.717, 1.165) is 24.3 Å². The number of nitrogens with one attached hydrogen (secondary N) is 2. The Balaban J connectivity index is 1.60. The minimum absolute atomic E-state index is 0.225. The highest BCUT2D eigenvalue weighted by Gasteiger charge is 2.33. The first-order chi connectivity index (χ1) is 12.8. The number of nitro groups is 1. The number of nitrogens with zero attached hydrogens (tertiary/aromatic N) is 1. The average molecular weight is 391 g/mol. The molecule has 0 aliphatic carbocycles. The quantitative estimate of drug-likeness (QED) is 0.559. The molecule has 0 saturated carbocycles. The van der Waals surface area contributed by atoms with Crippen molar-refractivity contribution in [3.05, 3.63) is 64.7 Å². The van der Waals surface area contributed by atoms with E-state index in [-0.39, 0.29) is 16.7 Å². The first kappa shape index (κ1) is 18.8. The molecule has 9 nitrogen and oxygen atoms in total. The number of non-ortho nitro benzene ring substituents is 1. The van der Waals surface area contributed by atoms with E-state index < -0.39 is 26.9 Å². The molecule has 0 bridgehead atoms. The zero-order valence-corrected chi connectivity index (χ0v) is 14.9. The molecule has 1 saturated heterocycles. The summed E-state index contributed by atoms with van der Waals surface area (Å²) in [6, 6.07) is 12.7. The van der Waals surface area contributed by atoms with Crippen LogP contribution in [0.1, 0.15) is 6.42 Å². The standard InChI is InChI=1S/C17H17N3O6S/c21-17(16-10-14(11-18-16)26-13-4-2-1-3-5-13)19-27(24,25)15-8-6-12(7-9-15)20(22)23/h1-9,14,16,18H,10-11H2,(H,19,21)/t14-,16-/m0/s1. The molecule has 1 fully saturated rings. The molecule has 2 aromatic carbocycles. The number of carbonyl (C=O) groups is 1. The van der Waals surface area contributed by atoms with Gasteiger partial charge in [-0.25, -0.2) is 13.1 Å². The van der Waals surface area contributed by atoms with Gasteiger partial charge in [0, 0.05) is 25.1 Å². The molecule has 3 rings (SSSR count). The third-order valence-electron chi connectivity index (χ3n) is 4.05. The van der Waals surface area contributed by atoms with Crippen LogP contribution in [0.25, 0.3) is 0 Å². The Morgan fingerprint density at radius 2 is 1.81 bits per heavy atom. The van der Waals surface area contributed by atoms with Gasteiger partial charge in [0.15, 0.2) is 0 Å². The fraction of sp³-hybridized carbons (Fsp3) is 0.235. The van der Waals surface area contributed by atoms with E-state index in [1.165, 1.54) is 0 Å². The zero-order chi connectivity index (χ0) is 19.4. The molecular weight excluding hydrogens is 374 g/mol. The molecule has 2 N–H and O–H groups in total. The van der Waals surface area contributed by atoms with Crippen molar-refractivity contribution < 1.29 is 22.9 Å². The topological polar surface area (TPSA) is 128 Å². The fourth-order valence-electron chi connectivity index (χ4n) is 2.69. The Hall–Kier alpha value is -2.98. The smallest absolute Gasteiger partial charge is 0.269 e. The number of amides is 1. The van der Waals surface area contributed by atoms with Gasteiger partial charge in [0.2, 0.25) is 0 Å². The molecule has 0 radical (unpaired) electrons. The number of carbonyl (C=O) groups excluding carboxylic acids is 1. The molecular formula is C17H17N3O6S. The molecule has 2 aromatic rings. The van der Waals surface area contributed by atoms with Crippen LogP contribution in [0, 0.1) is 10.1 Å². The molecule has 1 aliphatic rings. The summed E-state index contributed by atoms with van der Waals surface area (Å²) < 4.78 is 32.3. The third-order valence-corrected chi connectivity index (χ3v) is 5.41. The number of rotatable bonds is 6. The van der Waals surface area contributed by atoms with Gasteiger partial charge in [-0.05, 0) is 24.3 Å². The van der Waals surface area contributed by atoms with Gasteiger partial charge in [-0.2, -0.15) is 0 Å². The lowest BCUT2D eigenvalue weighted by Crippen LogP contribution is -2.43. The largest absolute Gasteiger partial charge is 0.489 e. The summed E-state index contributed by atoms with van der Waals surface area (Å²) in [5.74, 6) is -0.0311. The number of hydrogen-bond donors (Lipinski definition) is 2. The Morgan fingerprint density at radius 3 is 2.44 bits per heavy atom. The van der Waals surface area contributed by atoms with Crippen LogP contribution in [-0.4, -0.2) is 37.9 Å². The van der Waals surface area contributed by atoms with Crippen LogP contribution in [-0.2, 0) is 14.8 Å². The summed E-state index contributed by atoms with van der Waals surface area (Å²) in [5, 5.41) is 13.6. The molecule has 0 aromatic heterocycles. The summed E-state index contributed by atoms with van der Waals surface area (Å²) in [5.41, 5.74) is -0.237. The normalized spacial score (nSPS) is 19.4. The first-order valence-corrected chi connectivity index (χ1v) is 9.60. The number of ether oxygens (including phenoxy) is 1. The highest BCUT2D eigenvalue weighted by atomic mass is 32.2. The Morgan fingerprint density at radius 1 is 1.15 bits per heavy atom. The third kappa shape index (κ3) is 4.60. The first-order valence-electron chi connectivity index (χ1n) is 8.11. The van der Waals surface area contributed by atoms with E-state index in [9.17, 15) is 23.3 Å². The predicted molar refractivity (Wildman–Crippen MR) is 95.7 cm³/mol. The molecule has 0 unspecified atom stereocenters. The van der Waals surface area contributed by atoms with Gasteiger partial charge in [0.1, 0.15) is 11.9 Å². The fourth-order valence-corrected chi connectivity index (χ4v) is 3.71. The molecule has 1 heterocycles. The van der Waals surface area contributed by atoms with Gasteiger partial charge in [-0.1, -0.05) is 18.2 Å². The molecule has 10 heteroatoms. The molecule has 27 heavy (non-hydrogen) atoms. The van der Waals surface area contributed by atoms with Crippen LogP contribution < -0.4 is 14.8 Å². The highest BCUT2D eigenvalue weighted by Crippen LogP contribution is 2.18. The summed E-state index contributed by atoms with van der Waals surface area (Å²) in [4.78, 5) is 22.1. The number of sulfonamides is 1. The van der Waals surface area contributed by atoms with Gasteiger partial charge in [-0.3, -0.25) is 14.9 Å². The van der Waals surface area contributed by atoms with Crippen LogP contribution in [0.3, 0.4) is 0 Å². The van der Waals surface area contributed by atoms with Crippen molar-refractivity contribution in [3.63, 3.8) is 0 Å². The van der Waals surface area contributed by atoms with Crippen LogP contribution in [0.4, 0.5) is 5.69 Å². The van der Waals surface area contributed by atoms with E-state index >= 15 is 0 Å². The zero-order valence-electron chi connectivity index (χ0n) is 14.1. The van der Waals surface area contributed by atoms with Crippen molar-refractivity contribution in [1.29, 1.82) is 0 Å².